The van der Waals surface area contributed by atoms with Crippen molar-refractivity contribution in [3.63, 3.8) is 0 Å². The molecule has 0 amide bonds. The molecule has 0 heterocycles. The molecule has 0 bridgehead atoms. The molecular weight excluding hydrogens is 777 g/mol. The van der Waals surface area contributed by atoms with E-state index in [0.717, 1.165) is 19.3 Å². The Balaban J connectivity index is 1.42. The Morgan fingerprint density at radius 1 is 0.531 bits per heavy atom. The lowest BCUT2D eigenvalue weighted by molar-refractivity contribution is -0.161. The molecule has 10 heteroatoms. The van der Waals surface area contributed by atoms with Crippen LogP contribution in [-0.4, -0.2) is 30.7 Å². The van der Waals surface area contributed by atoms with Crippen LogP contribution in [0.3, 0.4) is 0 Å². The van der Waals surface area contributed by atoms with Gasteiger partial charge in [0.2, 0.25) is 0 Å². The van der Waals surface area contributed by atoms with Gasteiger partial charge in [0.15, 0.2) is 0 Å². The first-order chi connectivity index (χ1) is 23.8. The minimum atomic E-state index is -5.81. The van der Waals surface area contributed by atoms with Crippen molar-refractivity contribution in [2.75, 3.05) is 11.0 Å². The van der Waals surface area contributed by atoms with Crippen LogP contribution in [-0.2, 0) is 23.3 Å². The number of hydrogen-bond donors (Lipinski definition) is 0. The second-order valence-electron chi connectivity index (χ2n) is 12.4. The number of esters is 1. The number of carbonyl (C=O) groups is 1. The molecule has 0 spiro atoms. The molecule has 3 aromatic rings. The highest BCUT2D eigenvalue weighted by atomic mass is 127. The quantitative estimate of drug-likeness (QED) is 0.0349. The van der Waals surface area contributed by atoms with Crippen LogP contribution >= 0.6 is 32.9 Å². The number of benzene rings is 3. The Bertz CT molecular complexity index is 1330. The lowest BCUT2D eigenvalue weighted by Gasteiger charge is -2.39. The zero-order valence-corrected chi connectivity index (χ0v) is 32.4. The fraction of sp³-hybridized carbons (Fsp3) is 0.513. The second-order valence-corrected chi connectivity index (χ2v) is 17.9. The highest BCUT2D eigenvalue weighted by molar-refractivity contribution is 14.1. The molecule has 0 aromatic heterocycles. The van der Waals surface area contributed by atoms with E-state index in [4.69, 9.17) is 8.37 Å². The smallest absolute Gasteiger partial charge is 0.460 e. The Kier molecular flexibility index (Phi) is 19.2. The number of halogens is 3. The summed E-state index contributed by atoms with van der Waals surface area (Å²) in [5, 5.41) is -4.91. The predicted molar refractivity (Wildman–Crippen MR) is 205 cm³/mol. The van der Waals surface area contributed by atoms with E-state index in [0.29, 0.717) is 27.5 Å². The molecule has 272 valence electrons. The molecule has 0 N–H and O–H groups in total. The van der Waals surface area contributed by atoms with Gasteiger partial charge in [-0.1, -0.05) is 174 Å². The molecule has 0 atom stereocenters. The van der Waals surface area contributed by atoms with Crippen LogP contribution in [0.2, 0.25) is 0 Å². The highest BCUT2D eigenvalue weighted by Gasteiger charge is 2.58. The number of alkyl halides is 3. The maximum Gasteiger partial charge on any atom is 0.466 e. The predicted octanol–water partition coefficient (Wildman–Crippen LogP) is 12.4. The van der Waals surface area contributed by atoms with Crippen molar-refractivity contribution in [3.8, 4) is 0 Å². The first-order valence-corrected chi connectivity index (χ1v) is 22.3. The van der Waals surface area contributed by atoms with E-state index in [-0.39, 0.29) is 6.61 Å². The zero-order chi connectivity index (χ0) is 35.3. The van der Waals surface area contributed by atoms with Crippen LogP contribution in [0.25, 0.3) is 0 Å². The Morgan fingerprint density at radius 3 is 1.16 bits per heavy atom. The van der Waals surface area contributed by atoms with Gasteiger partial charge in [0, 0.05) is 14.7 Å². The van der Waals surface area contributed by atoms with Gasteiger partial charge >= 0.3 is 21.3 Å². The molecule has 49 heavy (non-hydrogen) atoms. The average Bonchev–Trinajstić information content (AvgIpc) is 3.12. The van der Waals surface area contributed by atoms with Crippen molar-refractivity contribution in [2.45, 2.75) is 129 Å². The lowest BCUT2D eigenvalue weighted by atomic mass is 10.0. The minimum absolute atomic E-state index is 0.281. The summed E-state index contributed by atoms with van der Waals surface area (Å²) in [4.78, 5) is 13.7. The molecule has 3 rings (SSSR count). The van der Waals surface area contributed by atoms with Crippen LogP contribution in [0.4, 0.5) is 8.78 Å². The second kappa shape index (κ2) is 22.7. The summed E-state index contributed by atoms with van der Waals surface area (Å²) in [6.07, 6.45) is 20.1. The van der Waals surface area contributed by atoms with E-state index in [1.165, 1.54) is 81.5 Å². The van der Waals surface area contributed by atoms with Gasteiger partial charge in [0.05, 0.1) is 6.61 Å². The van der Waals surface area contributed by atoms with Gasteiger partial charge in [-0.3, -0.25) is 0 Å². The van der Waals surface area contributed by atoms with Crippen molar-refractivity contribution in [3.05, 3.63) is 91.0 Å². The van der Waals surface area contributed by atoms with E-state index in [9.17, 15) is 13.2 Å². The summed E-state index contributed by atoms with van der Waals surface area (Å²) in [5.41, 5.74) is 0. The minimum Gasteiger partial charge on any atom is -0.460 e. The fourth-order valence-corrected chi connectivity index (χ4v) is 11.3. The first kappa shape index (κ1) is 41.4. The van der Waals surface area contributed by atoms with E-state index < -0.39 is 31.7 Å². The monoisotopic (exact) mass is 830 g/mol. The molecule has 0 aliphatic carbocycles. The van der Waals surface area contributed by atoms with E-state index >= 15 is 8.78 Å². The zero-order valence-electron chi connectivity index (χ0n) is 28.6. The summed E-state index contributed by atoms with van der Waals surface area (Å²) < 4.78 is 69.3. The van der Waals surface area contributed by atoms with E-state index in [1.54, 1.807) is 91.0 Å². The summed E-state index contributed by atoms with van der Waals surface area (Å²) in [6.45, 7) is -0.281. The largest absolute Gasteiger partial charge is 0.466 e. The first-order valence-electron chi connectivity index (χ1n) is 17.8. The maximum absolute atomic E-state index is 15.4. The SMILES string of the molecule is O=C(OCCCCCCCCCCCCCCCCCCCI)C(F)(F)S(=O)(=O)OS(c1ccccc1)(c1ccccc1)c1ccccc1. The summed E-state index contributed by atoms with van der Waals surface area (Å²) in [7, 11) is -9.04. The maximum atomic E-state index is 15.4. The van der Waals surface area contributed by atoms with Crippen molar-refractivity contribution in [2.24, 2.45) is 0 Å². The lowest BCUT2D eigenvalue weighted by Crippen LogP contribution is -2.41. The fourth-order valence-electron chi connectivity index (χ4n) is 5.74. The van der Waals surface area contributed by atoms with Crippen LogP contribution in [0, 0.1) is 0 Å². The van der Waals surface area contributed by atoms with E-state index in [1.807, 2.05) is 0 Å². The summed E-state index contributed by atoms with van der Waals surface area (Å²) >= 11 is 2.45. The van der Waals surface area contributed by atoms with Gasteiger partial charge in [-0.05, 0) is 64.0 Å². The Labute approximate surface area is 308 Å². The van der Waals surface area contributed by atoms with Gasteiger partial charge < -0.3 is 4.74 Å². The van der Waals surface area contributed by atoms with Crippen LogP contribution in [0.15, 0.2) is 106 Å². The van der Waals surface area contributed by atoms with Gasteiger partial charge in [-0.25, -0.2) is 8.42 Å². The average molecular weight is 831 g/mol. The molecule has 0 aliphatic heterocycles. The molecule has 0 fully saturated rings. The molecule has 0 saturated carbocycles. The van der Waals surface area contributed by atoms with Crippen molar-refractivity contribution < 1.29 is 30.4 Å². The normalized spacial score (nSPS) is 12.6. The van der Waals surface area contributed by atoms with E-state index in [2.05, 4.69) is 22.6 Å². The number of carbonyl (C=O) groups excluding carboxylic acids is 1. The van der Waals surface area contributed by atoms with Gasteiger partial charge in [-0.2, -0.15) is 17.2 Å². The molecule has 0 saturated heterocycles. The van der Waals surface area contributed by atoms with Crippen LogP contribution < -0.4 is 0 Å². The Morgan fingerprint density at radius 2 is 0.837 bits per heavy atom. The summed E-state index contributed by atoms with van der Waals surface area (Å²) in [6, 6.07) is 25.2. The molecule has 0 aliphatic rings. The number of rotatable bonds is 26. The molecule has 0 radical (unpaired) electrons. The number of hydrogen-bond acceptors (Lipinski definition) is 5. The number of ether oxygens (including phenoxy) is 1. The van der Waals surface area contributed by atoms with Crippen molar-refractivity contribution >= 4 is 49.0 Å². The van der Waals surface area contributed by atoms with Gasteiger partial charge in [0.1, 0.15) is 0 Å². The third-order valence-electron chi connectivity index (χ3n) is 8.48. The number of unbranched alkanes of at least 4 members (excludes halogenated alkanes) is 16. The molecule has 3 aromatic carbocycles. The van der Waals surface area contributed by atoms with Gasteiger partial charge in [-0.15, -0.1) is 0 Å². The third-order valence-corrected chi connectivity index (χ3v) is 14.4. The van der Waals surface area contributed by atoms with Gasteiger partial charge in [0.25, 0.3) is 0 Å². The molecule has 5 nitrogen and oxygen atoms in total. The molecular formula is C39H53F2IO5S2. The third kappa shape index (κ3) is 13.2. The summed E-state index contributed by atoms with van der Waals surface area (Å²) in [5.74, 6) is -2.12. The van der Waals surface area contributed by atoms with Crippen LogP contribution in [0.5, 0.6) is 0 Å². The van der Waals surface area contributed by atoms with Crippen molar-refractivity contribution in [1.82, 2.24) is 0 Å². The topological polar surface area (TPSA) is 69.7 Å². The van der Waals surface area contributed by atoms with Crippen LogP contribution in [0.1, 0.15) is 109 Å². The Hall–Kier alpha value is -2.02. The standard InChI is InChI=1S/C39H53F2IO5S2/c40-39(41,38(43)46-34-26-15-13-11-9-7-5-3-1-2-4-6-8-10-12-14-25-33-42)49(44,45)47-48(35-27-19-16-20-28-35,36-29-21-17-22-30-36)37-31-23-18-24-32-37/h16-24,27-32H,1-15,25-26,33-34H2. The molecule has 0 unspecified atom stereocenters. The highest BCUT2D eigenvalue weighted by Crippen LogP contribution is 2.70. The van der Waals surface area contributed by atoms with Crippen molar-refractivity contribution in [1.29, 1.82) is 0 Å².